The molecule has 2 N–H and O–H groups in total. The van der Waals surface area contributed by atoms with Crippen LogP contribution in [-0.2, 0) is 20.4 Å². The maximum Gasteiger partial charge on any atom is 0.307 e. The topological polar surface area (TPSA) is 83.5 Å². The summed E-state index contributed by atoms with van der Waals surface area (Å²) >= 11 is 0. The molecule has 2 bridgehead atoms. The van der Waals surface area contributed by atoms with Crippen LogP contribution < -0.4 is 5.32 Å². The number of hydrogen-bond donors (Lipinski definition) is 2. The summed E-state index contributed by atoms with van der Waals surface area (Å²) in [5.41, 5.74) is 0. The first-order chi connectivity index (χ1) is 9.40. The molecule has 0 aromatic heterocycles. The van der Waals surface area contributed by atoms with Crippen molar-refractivity contribution in [3.8, 4) is 0 Å². The fourth-order valence-corrected chi connectivity index (χ4v) is 3.96. The highest BCUT2D eigenvalue weighted by Gasteiger charge is 2.51. The van der Waals surface area contributed by atoms with E-state index >= 15 is 0 Å². The van der Waals surface area contributed by atoms with Gasteiger partial charge in [0.1, 0.15) is 0 Å². The van der Waals surface area contributed by atoms with E-state index < -0.39 is 28.6 Å². The van der Waals surface area contributed by atoms with Gasteiger partial charge in [0.15, 0.2) is 0 Å². The van der Waals surface area contributed by atoms with E-state index in [4.69, 9.17) is 0 Å². The highest BCUT2D eigenvalue weighted by atomic mass is 32.2. The zero-order valence-electron chi connectivity index (χ0n) is 11.7. The number of allylic oxidation sites excluding steroid dienone is 2. The lowest BCUT2D eigenvalue weighted by atomic mass is 9.82. The molecule has 6 atom stereocenters. The Balaban J connectivity index is 1.96. The lowest BCUT2D eigenvalue weighted by Gasteiger charge is -2.25. The van der Waals surface area contributed by atoms with Gasteiger partial charge in [-0.15, -0.1) is 0 Å². The van der Waals surface area contributed by atoms with Crippen LogP contribution >= 0.6 is 0 Å². The van der Waals surface area contributed by atoms with Gasteiger partial charge in [0.2, 0.25) is 5.91 Å². The Morgan fingerprint density at radius 2 is 1.95 bits per heavy atom. The van der Waals surface area contributed by atoms with E-state index in [1.54, 1.807) is 6.26 Å². The van der Waals surface area contributed by atoms with E-state index in [1.165, 1.54) is 0 Å². The molecular weight excluding hydrogens is 278 g/mol. The molecule has 5 nitrogen and oxygen atoms in total. The summed E-state index contributed by atoms with van der Waals surface area (Å²) in [6.45, 7) is 1.86. The molecule has 2 aliphatic rings. The van der Waals surface area contributed by atoms with Gasteiger partial charge in [-0.3, -0.25) is 13.8 Å². The number of amides is 1. The molecule has 6 heteroatoms. The Labute approximate surface area is 121 Å². The van der Waals surface area contributed by atoms with Crippen molar-refractivity contribution in [2.75, 3.05) is 12.0 Å². The zero-order chi connectivity index (χ0) is 14.9. The molecule has 1 fully saturated rings. The number of aliphatic carboxylic acids is 1. The minimum atomic E-state index is -0.885. The molecule has 0 aliphatic heterocycles. The average Bonchev–Trinajstić information content (AvgIpc) is 2.95. The molecule has 0 spiro atoms. The summed E-state index contributed by atoms with van der Waals surface area (Å²) in [5, 5.41) is 12.2. The number of fused-ring (bicyclic) bond motifs is 2. The van der Waals surface area contributed by atoms with E-state index in [9.17, 15) is 18.9 Å². The van der Waals surface area contributed by atoms with Crippen LogP contribution in [0.2, 0.25) is 0 Å². The maximum atomic E-state index is 12.3. The molecule has 2 aliphatic carbocycles. The Morgan fingerprint density at radius 1 is 1.35 bits per heavy atom. The maximum absolute atomic E-state index is 12.3. The molecule has 1 saturated carbocycles. The predicted molar refractivity (Wildman–Crippen MR) is 76.5 cm³/mol. The quantitative estimate of drug-likeness (QED) is 0.710. The smallest absolute Gasteiger partial charge is 0.307 e. The van der Waals surface area contributed by atoms with Gasteiger partial charge < -0.3 is 10.4 Å². The first-order valence-corrected chi connectivity index (χ1v) is 8.64. The van der Waals surface area contributed by atoms with Gasteiger partial charge in [0, 0.05) is 28.9 Å². The van der Waals surface area contributed by atoms with Crippen molar-refractivity contribution in [1.29, 1.82) is 0 Å². The van der Waals surface area contributed by atoms with Crippen LogP contribution in [0.25, 0.3) is 0 Å². The van der Waals surface area contributed by atoms with Gasteiger partial charge in [-0.05, 0) is 31.6 Å². The monoisotopic (exact) mass is 299 g/mol. The second kappa shape index (κ2) is 6.08. The van der Waals surface area contributed by atoms with Gasteiger partial charge in [0.25, 0.3) is 0 Å². The summed E-state index contributed by atoms with van der Waals surface area (Å²) in [6.07, 6.45) is 6.94. The van der Waals surface area contributed by atoms with Crippen molar-refractivity contribution in [3.05, 3.63) is 12.2 Å². The molecule has 112 valence electrons. The number of carboxylic acids is 1. The Morgan fingerprint density at radius 3 is 2.50 bits per heavy atom. The first-order valence-electron chi connectivity index (χ1n) is 6.91. The molecular formula is C14H21NO4S. The SMILES string of the molecule is CC(CCS(C)=O)NC(=O)C1C2C=CC(C2)C1C(=O)O. The van der Waals surface area contributed by atoms with Crippen molar-refractivity contribution >= 4 is 22.7 Å². The van der Waals surface area contributed by atoms with Crippen LogP contribution in [0.4, 0.5) is 0 Å². The van der Waals surface area contributed by atoms with Crippen LogP contribution in [0.3, 0.4) is 0 Å². The summed E-state index contributed by atoms with van der Waals surface area (Å²) in [4.78, 5) is 23.7. The van der Waals surface area contributed by atoms with Gasteiger partial charge >= 0.3 is 5.97 Å². The minimum absolute atomic E-state index is 0.00768. The van der Waals surface area contributed by atoms with Crippen molar-refractivity contribution in [1.82, 2.24) is 5.32 Å². The average molecular weight is 299 g/mol. The third-order valence-electron chi connectivity index (χ3n) is 4.27. The second-order valence-corrected chi connectivity index (χ2v) is 7.37. The number of carbonyl (C=O) groups is 2. The molecule has 6 unspecified atom stereocenters. The fourth-order valence-electron chi connectivity index (χ4n) is 3.27. The number of carbonyl (C=O) groups excluding carboxylic acids is 1. The van der Waals surface area contributed by atoms with Gasteiger partial charge in [0.05, 0.1) is 11.8 Å². The molecule has 0 aromatic rings. The Kier molecular flexibility index (Phi) is 4.62. The highest BCUT2D eigenvalue weighted by Crippen LogP contribution is 2.48. The summed E-state index contributed by atoms with van der Waals surface area (Å²) < 4.78 is 11.0. The van der Waals surface area contributed by atoms with Crippen molar-refractivity contribution in [2.24, 2.45) is 23.7 Å². The van der Waals surface area contributed by atoms with Crippen molar-refractivity contribution in [3.63, 3.8) is 0 Å². The number of carboxylic acid groups (broad SMARTS) is 1. The lowest BCUT2D eigenvalue weighted by molar-refractivity contribution is -0.148. The molecule has 0 aromatic carbocycles. The molecule has 0 radical (unpaired) electrons. The van der Waals surface area contributed by atoms with E-state index in [-0.39, 0.29) is 23.8 Å². The summed E-state index contributed by atoms with van der Waals surface area (Å²) in [5.74, 6) is -1.54. The van der Waals surface area contributed by atoms with Crippen LogP contribution in [0.1, 0.15) is 19.8 Å². The van der Waals surface area contributed by atoms with Gasteiger partial charge in [-0.25, -0.2) is 0 Å². The normalized spacial score (nSPS) is 33.9. The van der Waals surface area contributed by atoms with Crippen molar-refractivity contribution < 1.29 is 18.9 Å². The van der Waals surface area contributed by atoms with Crippen molar-refractivity contribution in [2.45, 2.75) is 25.8 Å². The molecule has 1 amide bonds. The van der Waals surface area contributed by atoms with E-state index in [1.807, 2.05) is 19.1 Å². The zero-order valence-corrected chi connectivity index (χ0v) is 12.6. The highest BCUT2D eigenvalue weighted by molar-refractivity contribution is 7.84. The van der Waals surface area contributed by atoms with E-state index in [2.05, 4.69) is 5.32 Å². The summed E-state index contributed by atoms with van der Waals surface area (Å²) in [7, 11) is -0.875. The first kappa shape index (κ1) is 15.2. The third kappa shape index (κ3) is 3.11. The van der Waals surface area contributed by atoms with Crippen LogP contribution in [0, 0.1) is 23.7 Å². The lowest BCUT2D eigenvalue weighted by Crippen LogP contribution is -2.43. The molecule has 0 saturated heterocycles. The van der Waals surface area contributed by atoms with Crippen LogP contribution in [0.15, 0.2) is 12.2 Å². The molecule has 20 heavy (non-hydrogen) atoms. The van der Waals surface area contributed by atoms with Gasteiger partial charge in [-0.2, -0.15) is 0 Å². The van der Waals surface area contributed by atoms with E-state index in [0.29, 0.717) is 12.2 Å². The molecule has 2 rings (SSSR count). The Hall–Kier alpha value is -1.17. The van der Waals surface area contributed by atoms with Crippen LogP contribution in [0.5, 0.6) is 0 Å². The fraction of sp³-hybridized carbons (Fsp3) is 0.714. The van der Waals surface area contributed by atoms with E-state index in [0.717, 1.165) is 6.42 Å². The summed E-state index contributed by atoms with van der Waals surface area (Å²) in [6, 6.07) is -0.0797. The second-order valence-electron chi connectivity index (χ2n) is 5.81. The third-order valence-corrected chi connectivity index (χ3v) is 5.08. The number of hydrogen-bond acceptors (Lipinski definition) is 3. The van der Waals surface area contributed by atoms with Crippen LogP contribution in [-0.4, -0.2) is 39.2 Å². The predicted octanol–water partition coefficient (Wildman–Crippen LogP) is 0.783. The Bertz CT molecular complexity index is 462. The largest absolute Gasteiger partial charge is 0.481 e. The number of rotatable bonds is 6. The van der Waals surface area contributed by atoms with Gasteiger partial charge in [-0.1, -0.05) is 12.2 Å². The molecule has 0 heterocycles. The number of nitrogens with one attached hydrogen (secondary N) is 1. The standard InChI is InChI=1S/C14H21NO4S/c1-8(5-6-20(2)19)15-13(16)11-9-3-4-10(7-9)12(11)14(17)18/h3-4,8-12H,5-7H2,1-2H3,(H,15,16)(H,17,18). The minimum Gasteiger partial charge on any atom is -0.481 e.